The monoisotopic (exact) mass is 259 g/mol. The average Bonchev–Trinajstić information content (AvgIpc) is 2.40. The number of nitrogens with one attached hydrogen (secondary N) is 1. The smallest absolute Gasteiger partial charge is 0.234 e. The van der Waals surface area contributed by atoms with Gasteiger partial charge in [-0.3, -0.25) is 4.79 Å². The van der Waals surface area contributed by atoms with Gasteiger partial charge in [0.15, 0.2) is 0 Å². The third kappa shape index (κ3) is 3.78. The summed E-state index contributed by atoms with van der Waals surface area (Å²) in [5.41, 5.74) is 6.99. The number of amides is 1. The van der Waals surface area contributed by atoms with Crippen molar-refractivity contribution >= 4 is 29.0 Å². The van der Waals surface area contributed by atoms with Gasteiger partial charge in [0.2, 0.25) is 5.91 Å². The molecule has 0 saturated carbocycles. The number of carbonyl (C=O) groups excluding carboxylic acids is 1. The Bertz CT molecular complexity index is 514. The highest BCUT2D eigenvalue weighted by Crippen LogP contribution is 2.15. The van der Waals surface area contributed by atoms with Crippen molar-refractivity contribution in [2.75, 3.05) is 16.8 Å². The van der Waals surface area contributed by atoms with Gasteiger partial charge in [-0.1, -0.05) is 17.8 Å². The second-order valence-corrected chi connectivity index (χ2v) is 4.62. The molecule has 0 radical (unpaired) electrons. The summed E-state index contributed by atoms with van der Waals surface area (Å²) in [6, 6.07) is 12.7. The maximum absolute atomic E-state index is 11.7. The molecular formula is C13H13N3OS. The van der Waals surface area contributed by atoms with Crippen molar-refractivity contribution in [1.82, 2.24) is 4.98 Å². The second kappa shape index (κ2) is 6.07. The average molecular weight is 259 g/mol. The highest BCUT2D eigenvalue weighted by Gasteiger charge is 2.03. The van der Waals surface area contributed by atoms with Gasteiger partial charge in [-0.25, -0.2) is 4.98 Å². The molecule has 0 bridgehead atoms. The first kappa shape index (κ1) is 12.4. The minimum atomic E-state index is -0.0598. The minimum absolute atomic E-state index is 0.0598. The van der Waals surface area contributed by atoms with E-state index in [1.807, 2.05) is 18.2 Å². The number of hydrogen-bond acceptors (Lipinski definition) is 4. The van der Waals surface area contributed by atoms with Crippen molar-refractivity contribution in [2.45, 2.75) is 5.03 Å². The lowest BCUT2D eigenvalue weighted by molar-refractivity contribution is -0.113. The molecule has 92 valence electrons. The first-order valence-electron chi connectivity index (χ1n) is 5.43. The number of thioether (sulfide) groups is 1. The van der Waals surface area contributed by atoms with E-state index in [2.05, 4.69) is 10.3 Å². The molecule has 18 heavy (non-hydrogen) atoms. The van der Waals surface area contributed by atoms with Crippen LogP contribution in [0.1, 0.15) is 0 Å². The largest absolute Gasteiger partial charge is 0.399 e. The van der Waals surface area contributed by atoms with Crippen LogP contribution < -0.4 is 11.1 Å². The first-order chi connectivity index (χ1) is 8.74. The zero-order valence-electron chi connectivity index (χ0n) is 9.67. The summed E-state index contributed by atoms with van der Waals surface area (Å²) in [4.78, 5) is 15.8. The van der Waals surface area contributed by atoms with Gasteiger partial charge in [0.25, 0.3) is 0 Å². The molecule has 0 spiro atoms. The molecule has 2 rings (SSSR count). The third-order valence-electron chi connectivity index (χ3n) is 2.18. The summed E-state index contributed by atoms with van der Waals surface area (Å²) in [7, 11) is 0. The van der Waals surface area contributed by atoms with Gasteiger partial charge in [-0.2, -0.15) is 0 Å². The molecular weight excluding hydrogens is 246 g/mol. The van der Waals surface area contributed by atoms with Gasteiger partial charge in [-0.05, 0) is 36.4 Å². The van der Waals surface area contributed by atoms with Crippen molar-refractivity contribution in [1.29, 1.82) is 0 Å². The molecule has 0 fully saturated rings. The van der Waals surface area contributed by atoms with Crippen molar-refractivity contribution < 1.29 is 4.79 Å². The fourth-order valence-corrected chi connectivity index (χ4v) is 2.00. The summed E-state index contributed by atoms with van der Waals surface area (Å²) in [6.07, 6.45) is 1.71. The van der Waals surface area contributed by atoms with Gasteiger partial charge in [0.05, 0.1) is 10.8 Å². The Labute approximate surface area is 110 Å². The zero-order chi connectivity index (χ0) is 12.8. The van der Waals surface area contributed by atoms with Gasteiger partial charge < -0.3 is 11.1 Å². The molecule has 0 atom stereocenters. The van der Waals surface area contributed by atoms with Crippen molar-refractivity contribution in [3.8, 4) is 0 Å². The molecule has 1 amide bonds. The number of rotatable bonds is 4. The lowest BCUT2D eigenvalue weighted by Gasteiger charge is -2.05. The van der Waals surface area contributed by atoms with Gasteiger partial charge in [0.1, 0.15) is 0 Å². The molecule has 5 heteroatoms. The topological polar surface area (TPSA) is 68.0 Å². The van der Waals surface area contributed by atoms with Crippen LogP contribution in [0.4, 0.5) is 11.4 Å². The van der Waals surface area contributed by atoms with Gasteiger partial charge in [0, 0.05) is 17.6 Å². The van der Waals surface area contributed by atoms with Crippen molar-refractivity contribution in [3.63, 3.8) is 0 Å². The molecule has 0 aliphatic carbocycles. The number of hydrogen-bond donors (Lipinski definition) is 2. The van der Waals surface area contributed by atoms with Crippen LogP contribution in [0.2, 0.25) is 0 Å². The number of nitrogen functional groups attached to an aromatic ring is 1. The summed E-state index contributed by atoms with van der Waals surface area (Å²) in [5, 5.41) is 3.63. The molecule has 1 aromatic carbocycles. The normalized spacial score (nSPS) is 10.0. The van der Waals surface area contributed by atoms with E-state index in [4.69, 9.17) is 5.73 Å². The van der Waals surface area contributed by atoms with Crippen LogP contribution in [-0.2, 0) is 4.79 Å². The maximum atomic E-state index is 11.7. The number of anilines is 2. The van der Waals surface area contributed by atoms with E-state index in [1.54, 1.807) is 30.5 Å². The lowest BCUT2D eigenvalue weighted by Crippen LogP contribution is -2.14. The van der Waals surface area contributed by atoms with E-state index in [9.17, 15) is 4.79 Å². The Morgan fingerprint density at radius 1 is 1.22 bits per heavy atom. The Morgan fingerprint density at radius 3 is 2.67 bits per heavy atom. The molecule has 0 aliphatic rings. The van der Waals surface area contributed by atoms with Crippen LogP contribution in [0.25, 0.3) is 0 Å². The molecule has 2 aromatic rings. The van der Waals surface area contributed by atoms with Crippen LogP contribution in [0.15, 0.2) is 53.7 Å². The number of pyridine rings is 1. The van der Waals surface area contributed by atoms with E-state index in [0.29, 0.717) is 11.4 Å². The lowest BCUT2D eigenvalue weighted by atomic mass is 10.3. The van der Waals surface area contributed by atoms with E-state index >= 15 is 0 Å². The van der Waals surface area contributed by atoms with E-state index in [-0.39, 0.29) is 5.91 Å². The molecule has 3 N–H and O–H groups in total. The number of nitrogens with two attached hydrogens (primary N) is 1. The van der Waals surface area contributed by atoms with Crippen LogP contribution in [0.5, 0.6) is 0 Å². The van der Waals surface area contributed by atoms with Crippen LogP contribution in [0, 0.1) is 0 Å². The Kier molecular flexibility index (Phi) is 4.20. The Hall–Kier alpha value is -2.01. The maximum Gasteiger partial charge on any atom is 0.234 e. The predicted octanol–water partition coefficient (Wildman–Crippen LogP) is 2.39. The van der Waals surface area contributed by atoms with E-state index in [1.165, 1.54) is 11.8 Å². The quantitative estimate of drug-likeness (QED) is 0.653. The highest BCUT2D eigenvalue weighted by atomic mass is 32.2. The third-order valence-corrected chi connectivity index (χ3v) is 3.13. The summed E-state index contributed by atoms with van der Waals surface area (Å²) in [5.74, 6) is 0.275. The molecule has 1 aromatic heterocycles. The zero-order valence-corrected chi connectivity index (χ0v) is 10.5. The van der Waals surface area contributed by atoms with Crippen molar-refractivity contribution in [3.05, 3.63) is 48.7 Å². The Balaban J connectivity index is 1.84. The minimum Gasteiger partial charge on any atom is -0.399 e. The standard InChI is InChI=1S/C13H13N3OS/c14-10-4-6-11(7-5-10)16-12(17)9-18-13-3-1-2-8-15-13/h1-8H,9,14H2,(H,16,17). The van der Waals surface area contributed by atoms with E-state index in [0.717, 1.165) is 10.7 Å². The van der Waals surface area contributed by atoms with Crippen LogP contribution >= 0.6 is 11.8 Å². The van der Waals surface area contributed by atoms with Gasteiger partial charge >= 0.3 is 0 Å². The van der Waals surface area contributed by atoms with Crippen LogP contribution in [0.3, 0.4) is 0 Å². The molecule has 0 aliphatic heterocycles. The fourth-order valence-electron chi connectivity index (χ4n) is 1.34. The Morgan fingerprint density at radius 2 is 2.00 bits per heavy atom. The predicted molar refractivity (Wildman–Crippen MR) is 74.4 cm³/mol. The molecule has 0 unspecified atom stereocenters. The summed E-state index contributed by atoms with van der Waals surface area (Å²) in [6.45, 7) is 0. The molecule has 0 saturated heterocycles. The SMILES string of the molecule is Nc1ccc(NC(=O)CSc2ccccn2)cc1. The first-order valence-corrected chi connectivity index (χ1v) is 6.42. The number of aromatic nitrogens is 1. The number of nitrogens with zero attached hydrogens (tertiary/aromatic N) is 1. The fraction of sp³-hybridized carbons (Fsp3) is 0.0769. The van der Waals surface area contributed by atoms with E-state index < -0.39 is 0 Å². The van der Waals surface area contributed by atoms with Gasteiger partial charge in [-0.15, -0.1) is 0 Å². The highest BCUT2D eigenvalue weighted by molar-refractivity contribution is 7.99. The molecule has 4 nitrogen and oxygen atoms in total. The number of benzene rings is 1. The van der Waals surface area contributed by atoms with Crippen LogP contribution in [-0.4, -0.2) is 16.6 Å². The molecule has 1 heterocycles. The second-order valence-electron chi connectivity index (χ2n) is 3.63. The van der Waals surface area contributed by atoms with Crippen molar-refractivity contribution in [2.24, 2.45) is 0 Å². The summed E-state index contributed by atoms with van der Waals surface area (Å²) < 4.78 is 0. The number of carbonyl (C=O) groups is 1. The summed E-state index contributed by atoms with van der Waals surface area (Å²) >= 11 is 1.40.